The fraction of sp³-hybridized carbons (Fsp3) is 0.316. The molecule has 28 heavy (non-hydrogen) atoms. The Bertz CT molecular complexity index is 927. The second-order valence-electron chi connectivity index (χ2n) is 5.92. The fourth-order valence-corrected chi connectivity index (χ4v) is 3.75. The van der Waals surface area contributed by atoms with Gasteiger partial charge in [-0.2, -0.15) is 16.3 Å². The number of amides is 1. The Morgan fingerprint density at radius 3 is 2.75 bits per heavy atom. The van der Waals surface area contributed by atoms with Crippen LogP contribution in [0.1, 0.15) is 17.9 Å². The fourth-order valence-electron chi connectivity index (χ4n) is 2.60. The highest BCUT2D eigenvalue weighted by molar-refractivity contribution is 9.10. The van der Waals surface area contributed by atoms with Crippen molar-refractivity contribution < 1.29 is 18.8 Å². The molecule has 3 aromatic rings. The molecule has 0 fully saturated rings. The van der Waals surface area contributed by atoms with Gasteiger partial charge in [-0.25, -0.2) is 0 Å². The molecular weight excluding hydrogens is 446 g/mol. The highest BCUT2D eigenvalue weighted by Crippen LogP contribution is 2.33. The number of aryl methyl sites for hydroxylation is 1. The summed E-state index contributed by atoms with van der Waals surface area (Å²) in [6.45, 7) is 0.511. The maximum atomic E-state index is 12.1. The number of benzene rings is 1. The molecule has 1 N–H and O–H groups in total. The Morgan fingerprint density at radius 1 is 1.25 bits per heavy atom. The Hall–Kier alpha value is -2.39. The lowest BCUT2D eigenvalue weighted by Gasteiger charge is -2.12. The molecule has 148 valence electrons. The summed E-state index contributed by atoms with van der Waals surface area (Å²) in [7, 11) is 3.19. The minimum absolute atomic E-state index is 0.0631. The van der Waals surface area contributed by atoms with Crippen molar-refractivity contribution >= 4 is 33.2 Å². The number of ether oxygens (including phenoxy) is 2. The Labute approximate surface area is 175 Å². The minimum atomic E-state index is -0.0631. The van der Waals surface area contributed by atoms with Crippen LogP contribution in [0.25, 0.3) is 11.4 Å². The van der Waals surface area contributed by atoms with Crippen molar-refractivity contribution in [1.29, 1.82) is 0 Å². The van der Waals surface area contributed by atoms with Crippen LogP contribution >= 0.6 is 27.3 Å². The highest BCUT2D eigenvalue weighted by atomic mass is 79.9. The highest BCUT2D eigenvalue weighted by Gasteiger charge is 2.12. The van der Waals surface area contributed by atoms with E-state index in [0.29, 0.717) is 49.0 Å². The van der Waals surface area contributed by atoms with E-state index in [2.05, 4.69) is 31.4 Å². The van der Waals surface area contributed by atoms with Gasteiger partial charge in [0.1, 0.15) is 0 Å². The number of nitrogens with one attached hydrogen (secondary N) is 1. The summed E-state index contributed by atoms with van der Waals surface area (Å²) in [5.74, 6) is 2.26. The van der Waals surface area contributed by atoms with Crippen molar-refractivity contribution in [2.24, 2.45) is 0 Å². The lowest BCUT2D eigenvalue weighted by atomic mass is 10.1. The third-order valence-corrected chi connectivity index (χ3v) is 5.50. The molecule has 0 saturated carbocycles. The molecule has 2 aromatic heterocycles. The number of nitrogens with zero attached hydrogens (tertiary/aromatic N) is 2. The van der Waals surface area contributed by atoms with Gasteiger partial charge in [-0.15, -0.1) is 0 Å². The van der Waals surface area contributed by atoms with E-state index in [4.69, 9.17) is 14.0 Å². The lowest BCUT2D eigenvalue weighted by Crippen LogP contribution is -2.26. The van der Waals surface area contributed by atoms with Gasteiger partial charge in [-0.3, -0.25) is 4.79 Å². The van der Waals surface area contributed by atoms with E-state index in [1.54, 1.807) is 25.6 Å². The zero-order valence-corrected chi connectivity index (χ0v) is 17.9. The number of carbonyl (C=O) groups excluding carboxylic acids is 1. The van der Waals surface area contributed by atoms with E-state index in [1.807, 2.05) is 29.0 Å². The molecule has 3 rings (SSSR count). The summed E-state index contributed by atoms with van der Waals surface area (Å²) >= 11 is 5.09. The van der Waals surface area contributed by atoms with E-state index >= 15 is 0 Å². The average Bonchev–Trinajstić information content (AvgIpc) is 3.38. The normalized spacial score (nSPS) is 10.7. The Morgan fingerprint density at radius 2 is 2.04 bits per heavy atom. The molecule has 0 aliphatic carbocycles. The van der Waals surface area contributed by atoms with Crippen LogP contribution < -0.4 is 14.8 Å². The number of carbonyl (C=O) groups is 1. The molecule has 0 radical (unpaired) electrons. The summed E-state index contributed by atoms with van der Waals surface area (Å²) in [5.41, 5.74) is 1.94. The number of rotatable bonds is 9. The van der Waals surface area contributed by atoms with E-state index in [0.717, 1.165) is 15.6 Å². The summed E-state index contributed by atoms with van der Waals surface area (Å²) in [5, 5.41) is 10.8. The number of aromatic nitrogens is 2. The van der Waals surface area contributed by atoms with Crippen molar-refractivity contribution in [2.75, 3.05) is 20.8 Å². The first-order valence-electron chi connectivity index (χ1n) is 8.63. The van der Waals surface area contributed by atoms with Gasteiger partial charge >= 0.3 is 0 Å². The summed E-state index contributed by atoms with van der Waals surface area (Å²) in [6.07, 6.45) is 1.36. The molecule has 9 heteroatoms. The molecule has 1 amide bonds. The molecule has 0 bridgehead atoms. The monoisotopic (exact) mass is 465 g/mol. The van der Waals surface area contributed by atoms with Crippen LogP contribution in [0.3, 0.4) is 0 Å². The van der Waals surface area contributed by atoms with E-state index in [-0.39, 0.29) is 5.91 Å². The number of hydrogen-bond donors (Lipinski definition) is 1. The first kappa shape index (κ1) is 20.3. The maximum Gasteiger partial charge on any atom is 0.227 e. The molecule has 0 spiro atoms. The Kier molecular flexibility index (Phi) is 7.05. The van der Waals surface area contributed by atoms with Crippen LogP contribution in [0.5, 0.6) is 11.5 Å². The zero-order valence-electron chi connectivity index (χ0n) is 15.5. The van der Waals surface area contributed by atoms with Crippen LogP contribution in [-0.2, 0) is 17.6 Å². The van der Waals surface area contributed by atoms with Crippen molar-refractivity contribution in [3.05, 3.63) is 44.9 Å². The molecule has 2 heterocycles. The van der Waals surface area contributed by atoms with Crippen LogP contribution in [0.15, 0.2) is 38.0 Å². The molecule has 7 nitrogen and oxygen atoms in total. The van der Waals surface area contributed by atoms with Gasteiger partial charge in [0.25, 0.3) is 0 Å². The summed E-state index contributed by atoms with van der Waals surface area (Å²) in [6, 6.07) is 5.69. The van der Waals surface area contributed by atoms with E-state index < -0.39 is 0 Å². The quantitative estimate of drug-likeness (QED) is 0.515. The van der Waals surface area contributed by atoms with E-state index in [1.165, 1.54) is 0 Å². The van der Waals surface area contributed by atoms with Gasteiger partial charge in [0, 0.05) is 34.8 Å². The van der Waals surface area contributed by atoms with Gasteiger partial charge in [-0.1, -0.05) is 21.1 Å². The van der Waals surface area contributed by atoms with Gasteiger partial charge in [0.2, 0.25) is 17.6 Å². The number of hydrogen-bond acceptors (Lipinski definition) is 7. The second kappa shape index (κ2) is 9.70. The number of halogens is 1. The summed E-state index contributed by atoms with van der Waals surface area (Å²) in [4.78, 5) is 16.4. The minimum Gasteiger partial charge on any atom is -0.493 e. The predicted molar refractivity (Wildman–Crippen MR) is 110 cm³/mol. The van der Waals surface area contributed by atoms with Crippen LogP contribution in [0.2, 0.25) is 0 Å². The maximum absolute atomic E-state index is 12.1. The third kappa shape index (κ3) is 5.11. The van der Waals surface area contributed by atoms with Gasteiger partial charge in [-0.05, 0) is 35.6 Å². The first-order valence-corrected chi connectivity index (χ1v) is 10.4. The largest absolute Gasteiger partial charge is 0.493 e. The van der Waals surface area contributed by atoms with Gasteiger partial charge in [0.05, 0.1) is 14.2 Å². The van der Waals surface area contributed by atoms with Crippen molar-refractivity contribution in [3.8, 4) is 22.9 Å². The molecule has 0 aliphatic rings. The first-order chi connectivity index (χ1) is 13.6. The molecule has 0 atom stereocenters. The van der Waals surface area contributed by atoms with Crippen LogP contribution in [-0.4, -0.2) is 36.8 Å². The zero-order chi connectivity index (χ0) is 19.9. The molecule has 1 aromatic carbocycles. The second-order valence-corrected chi connectivity index (χ2v) is 7.56. The lowest BCUT2D eigenvalue weighted by molar-refractivity contribution is -0.121. The Balaban J connectivity index is 1.46. The van der Waals surface area contributed by atoms with Crippen molar-refractivity contribution in [1.82, 2.24) is 15.5 Å². The molecule has 0 aliphatic heterocycles. The smallest absolute Gasteiger partial charge is 0.227 e. The van der Waals surface area contributed by atoms with E-state index in [9.17, 15) is 4.79 Å². The van der Waals surface area contributed by atoms with Gasteiger partial charge < -0.3 is 19.3 Å². The van der Waals surface area contributed by atoms with Crippen molar-refractivity contribution in [3.63, 3.8) is 0 Å². The van der Waals surface area contributed by atoms with Crippen LogP contribution in [0.4, 0.5) is 0 Å². The van der Waals surface area contributed by atoms with Crippen LogP contribution in [0, 0.1) is 0 Å². The topological polar surface area (TPSA) is 86.5 Å². The molecular formula is C19H20BrN3O4S. The SMILES string of the molecule is COc1cc(Br)c(CCNC(=O)CCc2nc(-c3ccsc3)no2)cc1OC. The van der Waals surface area contributed by atoms with Gasteiger partial charge in [0.15, 0.2) is 11.5 Å². The van der Waals surface area contributed by atoms with Crippen molar-refractivity contribution in [2.45, 2.75) is 19.3 Å². The number of thiophene rings is 1. The average molecular weight is 466 g/mol. The molecule has 0 saturated heterocycles. The predicted octanol–water partition coefficient (Wildman–Crippen LogP) is 3.87. The molecule has 0 unspecified atom stereocenters. The summed E-state index contributed by atoms with van der Waals surface area (Å²) < 4.78 is 16.7. The number of methoxy groups -OCH3 is 2. The third-order valence-electron chi connectivity index (χ3n) is 4.08. The standard InChI is InChI=1S/C19H20BrN3O4S/c1-25-15-9-12(14(20)10-16(15)26-2)5-7-21-17(24)3-4-18-22-19(23-27-18)13-6-8-28-11-13/h6,8-11H,3-5,7H2,1-2H3,(H,21,24).